The van der Waals surface area contributed by atoms with Gasteiger partial charge in [-0.3, -0.25) is 9.59 Å². The highest BCUT2D eigenvalue weighted by atomic mass is 16.5. The molecule has 4 heteroatoms. The van der Waals surface area contributed by atoms with Gasteiger partial charge < -0.3 is 9.84 Å². The Hall–Kier alpha value is -1.06. The molecule has 1 atom stereocenters. The molecule has 1 unspecified atom stereocenters. The van der Waals surface area contributed by atoms with Gasteiger partial charge in [0.05, 0.1) is 0 Å². The Labute approximate surface area is 205 Å². The third-order valence-electron chi connectivity index (χ3n) is 6.55. The van der Waals surface area contributed by atoms with Gasteiger partial charge in [0, 0.05) is 12.8 Å². The molecule has 0 rings (SSSR count). The van der Waals surface area contributed by atoms with Crippen LogP contribution in [-0.2, 0) is 14.3 Å². The second kappa shape index (κ2) is 25.6. The quantitative estimate of drug-likeness (QED) is 0.101. The summed E-state index contributed by atoms with van der Waals surface area (Å²) < 4.78 is 5.75. The third-order valence-corrected chi connectivity index (χ3v) is 6.55. The van der Waals surface area contributed by atoms with Crippen LogP contribution in [0.15, 0.2) is 0 Å². The van der Waals surface area contributed by atoms with Crippen LogP contribution >= 0.6 is 0 Å². The van der Waals surface area contributed by atoms with Crippen molar-refractivity contribution in [3.05, 3.63) is 0 Å². The Kier molecular flexibility index (Phi) is 24.7. The second-order valence-corrected chi connectivity index (χ2v) is 9.95. The van der Waals surface area contributed by atoms with Gasteiger partial charge in [-0.05, 0) is 38.5 Å². The van der Waals surface area contributed by atoms with Crippen LogP contribution in [0.25, 0.3) is 0 Å². The summed E-state index contributed by atoms with van der Waals surface area (Å²) in [6, 6.07) is 0. The number of unbranched alkanes of at least 4 members (excludes halogenated alkanes) is 17. The van der Waals surface area contributed by atoms with E-state index in [2.05, 4.69) is 6.92 Å². The molecule has 0 aromatic carbocycles. The van der Waals surface area contributed by atoms with Crippen LogP contribution in [0.5, 0.6) is 0 Å². The van der Waals surface area contributed by atoms with E-state index in [4.69, 9.17) is 9.84 Å². The molecule has 196 valence electrons. The maximum absolute atomic E-state index is 12.0. The molecule has 33 heavy (non-hydrogen) atoms. The zero-order valence-electron chi connectivity index (χ0n) is 22.2. The van der Waals surface area contributed by atoms with E-state index in [1.807, 2.05) is 6.92 Å². The normalized spacial score (nSPS) is 12.1. The van der Waals surface area contributed by atoms with Crippen molar-refractivity contribution in [1.82, 2.24) is 0 Å². The van der Waals surface area contributed by atoms with Crippen LogP contribution in [0.2, 0.25) is 0 Å². The van der Waals surface area contributed by atoms with E-state index in [0.717, 1.165) is 57.8 Å². The largest absolute Gasteiger partial charge is 0.481 e. The van der Waals surface area contributed by atoms with E-state index >= 15 is 0 Å². The summed E-state index contributed by atoms with van der Waals surface area (Å²) in [6.07, 6.45) is 27.7. The van der Waals surface area contributed by atoms with Gasteiger partial charge in [0.25, 0.3) is 0 Å². The maximum atomic E-state index is 12.0. The summed E-state index contributed by atoms with van der Waals surface area (Å²) in [6.45, 7) is 4.29. The number of carboxylic acids is 1. The molecule has 0 aliphatic rings. The fraction of sp³-hybridized carbons (Fsp3) is 0.931. The van der Waals surface area contributed by atoms with Crippen molar-refractivity contribution in [2.75, 3.05) is 0 Å². The number of carbonyl (C=O) groups excluding carboxylic acids is 1. The molecule has 0 fully saturated rings. The number of ether oxygens (including phenoxy) is 1. The Morgan fingerprint density at radius 2 is 0.939 bits per heavy atom. The van der Waals surface area contributed by atoms with E-state index in [1.165, 1.54) is 83.5 Å². The SMILES string of the molecule is CCCCCCCCCCCCCCCCC(CCCCCCCC(=O)O)OC(=O)CCC. The Morgan fingerprint density at radius 1 is 0.545 bits per heavy atom. The zero-order valence-corrected chi connectivity index (χ0v) is 22.2. The molecule has 0 spiro atoms. The van der Waals surface area contributed by atoms with Crippen molar-refractivity contribution < 1.29 is 19.4 Å². The van der Waals surface area contributed by atoms with Gasteiger partial charge in [-0.1, -0.05) is 117 Å². The molecular formula is C29H56O4. The lowest BCUT2D eigenvalue weighted by molar-refractivity contribution is -0.150. The lowest BCUT2D eigenvalue weighted by Gasteiger charge is -2.18. The molecule has 0 bridgehead atoms. The van der Waals surface area contributed by atoms with Crippen molar-refractivity contribution in [3.8, 4) is 0 Å². The number of hydrogen-bond donors (Lipinski definition) is 1. The minimum Gasteiger partial charge on any atom is -0.481 e. The molecule has 0 aromatic rings. The summed E-state index contributed by atoms with van der Waals surface area (Å²) >= 11 is 0. The highest BCUT2D eigenvalue weighted by Gasteiger charge is 2.13. The molecule has 0 saturated carbocycles. The molecule has 0 heterocycles. The van der Waals surface area contributed by atoms with Crippen molar-refractivity contribution in [3.63, 3.8) is 0 Å². The van der Waals surface area contributed by atoms with Crippen LogP contribution in [0, 0.1) is 0 Å². The van der Waals surface area contributed by atoms with Crippen LogP contribution in [0.3, 0.4) is 0 Å². The average molecular weight is 469 g/mol. The summed E-state index contributed by atoms with van der Waals surface area (Å²) in [7, 11) is 0. The van der Waals surface area contributed by atoms with Crippen molar-refractivity contribution >= 4 is 11.9 Å². The Bertz CT molecular complexity index is 435. The van der Waals surface area contributed by atoms with Crippen LogP contribution in [0.4, 0.5) is 0 Å². The minimum absolute atomic E-state index is 0.0469. The number of esters is 1. The summed E-state index contributed by atoms with van der Waals surface area (Å²) in [5.74, 6) is -0.750. The first-order chi connectivity index (χ1) is 16.1. The molecule has 4 nitrogen and oxygen atoms in total. The van der Waals surface area contributed by atoms with E-state index in [9.17, 15) is 9.59 Å². The lowest BCUT2D eigenvalue weighted by Crippen LogP contribution is -2.18. The van der Waals surface area contributed by atoms with Gasteiger partial charge in [0.1, 0.15) is 6.10 Å². The highest BCUT2D eigenvalue weighted by Crippen LogP contribution is 2.18. The van der Waals surface area contributed by atoms with Gasteiger partial charge >= 0.3 is 11.9 Å². The molecule has 0 radical (unpaired) electrons. The monoisotopic (exact) mass is 468 g/mol. The van der Waals surface area contributed by atoms with E-state index in [0.29, 0.717) is 6.42 Å². The first-order valence-corrected chi connectivity index (χ1v) is 14.5. The standard InChI is InChI=1S/C29H56O4/c1-3-5-6-7-8-9-10-11-12-13-14-15-17-20-24-27(33-29(32)23-4-2)25-21-18-16-19-22-26-28(30)31/h27H,3-26H2,1-2H3,(H,30,31). The lowest BCUT2D eigenvalue weighted by atomic mass is 10.0. The molecule has 0 saturated heterocycles. The number of rotatable bonds is 26. The highest BCUT2D eigenvalue weighted by molar-refractivity contribution is 5.69. The maximum Gasteiger partial charge on any atom is 0.306 e. The first-order valence-electron chi connectivity index (χ1n) is 14.5. The third kappa shape index (κ3) is 25.4. The topological polar surface area (TPSA) is 63.6 Å². The van der Waals surface area contributed by atoms with E-state index in [-0.39, 0.29) is 18.5 Å². The van der Waals surface area contributed by atoms with Gasteiger partial charge in [-0.2, -0.15) is 0 Å². The van der Waals surface area contributed by atoms with Gasteiger partial charge in [-0.25, -0.2) is 0 Å². The van der Waals surface area contributed by atoms with Crippen LogP contribution in [0.1, 0.15) is 168 Å². The van der Waals surface area contributed by atoms with E-state index < -0.39 is 5.97 Å². The summed E-state index contributed by atoms with van der Waals surface area (Å²) in [5.41, 5.74) is 0. The number of carboxylic acid groups (broad SMARTS) is 1. The second-order valence-electron chi connectivity index (χ2n) is 9.95. The number of carbonyl (C=O) groups is 2. The number of aliphatic carboxylic acids is 1. The fourth-order valence-electron chi connectivity index (χ4n) is 4.46. The molecule has 0 aromatic heterocycles. The molecule has 0 amide bonds. The van der Waals surface area contributed by atoms with E-state index in [1.54, 1.807) is 0 Å². The Morgan fingerprint density at radius 3 is 1.33 bits per heavy atom. The molecular weight excluding hydrogens is 412 g/mol. The van der Waals surface area contributed by atoms with Crippen molar-refractivity contribution in [2.45, 2.75) is 174 Å². The van der Waals surface area contributed by atoms with Crippen LogP contribution < -0.4 is 0 Å². The van der Waals surface area contributed by atoms with Crippen LogP contribution in [-0.4, -0.2) is 23.1 Å². The van der Waals surface area contributed by atoms with Crippen molar-refractivity contribution in [2.24, 2.45) is 0 Å². The molecule has 0 aliphatic heterocycles. The van der Waals surface area contributed by atoms with Gasteiger partial charge in [0.2, 0.25) is 0 Å². The molecule has 1 N–H and O–H groups in total. The Balaban J connectivity index is 3.72. The molecule has 0 aliphatic carbocycles. The summed E-state index contributed by atoms with van der Waals surface area (Å²) in [5, 5.41) is 8.69. The number of hydrogen-bond acceptors (Lipinski definition) is 3. The predicted molar refractivity (Wildman–Crippen MR) is 140 cm³/mol. The minimum atomic E-state index is -0.703. The van der Waals surface area contributed by atoms with Gasteiger partial charge in [0.15, 0.2) is 0 Å². The van der Waals surface area contributed by atoms with Crippen molar-refractivity contribution in [1.29, 1.82) is 0 Å². The summed E-state index contributed by atoms with van der Waals surface area (Å²) in [4.78, 5) is 22.5. The van der Waals surface area contributed by atoms with Gasteiger partial charge in [-0.15, -0.1) is 0 Å². The predicted octanol–water partition coefficient (Wildman–Crippen LogP) is 9.39. The average Bonchev–Trinajstić information content (AvgIpc) is 2.78. The fourth-order valence-corrected chi connectivity index (χ4v) is 4.46. The zero-order chi connectivity index (χ0) is 24.4. The first kappa shape index (κ1) is 31.9. The smallest absolute Gasteiger partial charge is 0.306 e.